The number of nitrogens with zero attached hydrogens (tertiary/aromatic N) is 1. The molecule has 0 radical (unpaired) electrons. The third-order valence-electron chi connectivity index (χ3n) is 1.65. The van der Waals surface area contributed by atoms with Gasteiger partial charge in [0.1, 0.15) is 16.6 Å². The summed E-state index contributed by atoms with van der Waals surface area (Å²) in [5.41, 5.74) is 0.0697. The second kappa shape index (κ2) is 5.36. The first-order valence-corrected chi connectivity index (χ1v) is 5.40. The third-order valence-corrected chi connectivity index (χ3v) is 2.30. The number of phenols is 1. The highest BCUT2D eigenvalue weighted by molar-refractivity contribution is 8.02. The molecule has 0 atom stereocenters. The molecule has 0 aliphatic carbocycles. The number of nitrogens with one attached hydrogen (secondary N) is 1. The first-order valence-electron chi connectivity index (χ1n) is 4.18. The first-order chi connectivity index (χ1) is 7.52. The van der Waals surface area contributed by atoms with Gasteiger partial charge in [-0.05, 0) is 18.4 Å². The van der Waals surface area contributed by atoms with Crippen LogP contribution in [0.25, 0.3) is 0 Å². The molecule has 0 spiro atoms. The topological polar surface area (TPSA) is 75.4 Å². The van der Waals surface area contributed by atoms with Crippen molar-refractivity contribution in [2.75, 3.05) is 11.6 Å². The summed E-state index contributed by atoms with van der Waals surface area (Å²) in [6, 6.07) is 3.51. The third kappa shape index (κ3) is 3.43. The number of rotatable bonds is 4. The molecule has 0 bridgehead atoms. The summed E-state index contributed by atoms with van der Waals surface area (Å²) >= 11 is 1.09. The Hall–Kier alpha value is -1.76. The van der Waals surface area contributed by atoms with E-state index in [1.807, 2.05) is 0 Å². The van der Waals surface area contributed by atoms with Crippen molar-refractivity contribution in [2.24, 2.45) is 0 Å². The molecule has 1 aromatic rings. The van der Waals surface area contributed by atoms with Gasteiger partial charge in [0, 0.05) is 6.07 Å². The summed E-state index contributed by atoms with van der Waals surface area (Å²) in [6.45, 7) is 0. The van der Waals surface area contributed by atoms with Crippen molar-refractivity contribution >= 4 is 17.4 Å². The van der Waals surface area contributed by atoms with Crippen molar-refractivity contribution in [2.45, 2.75) is 0 Å². The first kappa shape index (κ1) is 12.3. The zero-order valence-corrected chi connectivity index (χ0v) is 9.12. The van der Waals surface area contributed by atoms with E-state index in [4.69, 9.17) is 5.11 Å². The maximum atomic E-state index is 13.3. The fraction of sp³-hybridized carbons (Fsp3) is 0.111. The molecule has 5 nitrogen and oxygen atoms in total. The number of thioether (sulfide) groups is 1. The van der Waals surface area contributed by atoms with Crippen LogP contribution in [0.15, 0.2) is 29.4 Å². The van der Waals surface area contributed by atoms with Crippen molar-refractivity contribution in [3.8, 4) is 5.75 Å². The lowest BCUT2D eigenvalue weighted by Crippen LogP contribution is -2.00. The summed E-state index contributed by atoms with van der Waals surface area (Å²) in [6.07, 6.45) is 2.37. The molecule has 0 saturated heterocycles. The van der Waals surface area contributed by atoms with Crippen LogP contribution in [-0.2, 0) is 0 Å². The standard InChI is InChI=1S/C9H9FN2O3S/c1-16-9(5-12(14)15)11-8-3-2-6(13)4-7(8)10/h2-5,11,13H,1H3. The number of hydrogen-bond donors (Lipinski definition) is 2. The molecular formula is C9H9FN2O3S. The van der Waals surface area contributed by atoms with Crippen LogP contribution >= 0.6 is 11.8 Å². The number of hydrogen-bond acceptors (Lipinski definition) is 5. The number of nitro groups is 1. The van der Waals surface area contributed by atoms with E-state index in [-0.39, 0.29) is 16.5 Å². The average molecular weight is 244 g/mol. The van der Waals surface area contributed by atoms with Crippen LogP contribution in [0, 0.1) is 15.9 Å². The molecule has 0 amide bonds. The Kier molecular flexibility index (Phi) is 4.12. The van der Waals surface area contributed by atoms with Crippen LogP contribution in [0.2, 0.25) is 0 Å². The van der Waals surface area contributed by atoms with E-state index in [0.29, 0.717) is 0 Å². The maximum absolute atomic E-state index is 13.3. The summed E-state index contributed by atoms with van der Waals surface area (Å²) in [4.78, 5) is 9.61. The minimum Gasteiger partial charge on any atom is -0.508 e. The Morgan fingerprint density at radius 1 is 1.69 bits per heavy atom. The predicted molar refractivity (Wildman–Crippen MR) is 60.3 cm³/mol. The smallest absolute Gasteiger partial charge is 0.264 e. The van der Waals surface area contributed by atoms with E-state index in [1.165, 1.54) is 12.1 Å². The number of benzene rings is 1. The van der Waals surface area contributed by atoms with Gasteiger partial charge in [-0.1, -0.05) is 0 Å². The van der Waals surface area contributed by atoms with Gasteiger partial charge in [-0.15, -0.1) is 11.8 Å². The molecule has 0 aromatic heterocycles. The molecule has 0 unspecified atom stereocenters. The van der Waals surface area contributed by atoms with Crippen molar-refractivity contribution in [3.05, 3.63) is 45.4 Å². The van der Waals surface area contributed by atoms with Crippen LogP contribution in [-0.4, -0.2) is 16.3 Å². The molecule has 16 heavy (non-hydrogen) atoms. The number of halogens is 1. The van der Waals surface area contributed by atoms with Gasteiger partial charge < -0.3 is 10.4 Å². The maximum Gasteiger partial charge on any atom is 0.264 e. The second-order valence-electron chi connectivity index (χ2n) is 2.77. The summed E-state index contributed by atoms with van der Waals surface area (Å²) in [5, 5.41) is 22.0. The fourth-order valence-corrected chi connectivity index (χ4v) is 1.37. The minimum absolute atomic E-state index is 0.0697. The Balaban J connectivity index is 2.90. The lowest BCUT2D eigenvalue weighted by Gasteiger charge is -2.07. The Labute approximate surface area is 95.1 Å². The van der Waals surface area contributed by atoms with Gasteiger partial charge in [0.25, 0.3) is 6.20 Å². The number of anilines is 1. The van der Waals surface area contributed by atoms with Crippen LogP contribution in [0.1, 0.15) is 0 Å². The molecule has 0 aliphatic rings. The van der Waals surface area contributed by atoms with Crippen molar-refractivity contribution < 1.29 is 14.4 Å². The van der Waals surface area contributed by atoms with E-state index in [1.54, 1.807) is 6.26 Å². The van der Waals surface area contributed by atoms with Crippen LogP contribution in [0.4, 0.5) is 10.1 Å². The fourth-order valence-electron chi connectivity index (χ4n) is 0.970. The molecule has 2 N–H and O–H groups in total. The number of aromatic hydroxyl groups is 1. The van der Waals surface area contributed by atoms with Gasteiger partial charge in [0.05, 0.1) is 10.6 Å². The van der Waals surface area contributed by atoms with Gasteiger partial charge in [0.15, 0.2) is 0 Å². The summed E-state index contributed by atoms with van der Waals surface area (Å²) in [5.74, 6) is -0.879. The van der Waals surface area contributed by atoms with Gasteiger partial charge in [-0.25, -0.2) is 4.39 Å². The van der Waals surface area contributed by atoms with E-state index in [2.05, 4.69) is 5.32 Å². The summed E-state index contributed by atoms with van der Waals surface area (Å²) < 4.78 is 13.3. The van der Waals surface area contributed by atoms with Crippen molar-refractivity contribution in [1.82, 2.24) is 0 Å². The lowest BCUT2D eigenvalue weighted by atomic mass is 10.3. The van der Waals surface area contributed by atoms with Crippen LogP contribution in [0.5, 0.6) is 5.75 Å². The van der Waals surface area contributed by atoms with E-state index in [9.17, 15) is 14.5 Å². The van der Waals surface area contributed by atoms with Crippen LogP contribution in [0.3, 0.4) is 0 Å². The normalized spacial score (nSPS) is 11.2. The van der Waals surface area contributed by atoms with E-state index >= 15 is 0 Å². The molecule has 0 fully saturated rings. The Morgan fingerprint density at radius 3 is 2.88 bits per heavy atom. The predicted octanol–water partition coefficient (Wildman–Crippen LogP) is 2.38. The number of phenolic OH excluding ortho intramolecular Hbond substituents is 1. The average Bonchev–Trinajstić information content (AvgIpc) is 2.20. The minimum atomic E-state index is -0.678. The van der Waals surface area contributed by atoms with Gasteiger partial charge in [0.2, 0.25) is 0 Å². The van der Waals surface area contributed by atoms with Gasteiger partial charge in [-0.2, -0.15) is 0 Å². The highest BCUT2D eigenvalue weighted by atomic mass is 32.2. The Morgan fingerprint density at radius 2 is 2.38 bits per heavy atom. The molecule has 0 aliphatic heterocycles. The monoisotopic (exact) mass is 244 g/mol. The van der Waals surface area contributed by atoms with Crippen molar-refractivity contribution in [1.29, 1.82) is 0 Å². The van der Waals surface area contributed by atoms with Crippen molar-refractivity contribution in [3.63, 3.8) is 0 Å². The highest BCUT2D eigenvalue weighted by Gasteiger charge is 2.07. The Bertz CT molecular complexity index is 437. The molecule has 0 heterocycles. The lowest BCUT2D eigenvalue weighted by molar-refractivity contribution is -0.402. The van der Waals surface area contributed by atoms with Gasteiger partial charge in [-0.3, -0.25) is 10.1 Å². The molecule has 7 heteroatoms. The SMILES string of the molecule is CSC(=C[N+](=O)[O-])Nc1ccc(O)cc1F. The molecule has 0 saturated carbocycles. The van der Waals surface area contributed by atoms with Gasteiger partial charge >= 0.3 is 0 Å². The highest BCUT2D eigenvalue weighted by Crippen LogP contribution is 2.23. The largest absolute Gasteiger partial charge is 0.508 e. The zero-order valence-electron chi connectivity index (χ0n) is 8.31. The zero-order chi connectivity index (χ0) is 12.1. The second-order valence-corrected chi connectivity index (χ2v) is 3.62. The molecule has 1 rings (SSSR count). The van der Waals surface area contributed by atoms with E-state index < -0.39 is 10.7 Å². The molecular weight excluding hydrogens is 235 g/mol. The summed E-state index contributed by atoms with van der Waals surface area (Å²) in [7, 11) is 0. The quantitative estimate of drug-likeness (QED) is 0.483. The van der Waals surface area contributed by atoms with Crippen LogP contribution < -0.4 is 5.32 Å². The molecule has 1 aromatic carbocycles. The van der Waals surface area contributed by atoms with E-state index in [0.717, 1.165) is 24.0 Å². The molecule has 86 valence electrons.